The summed E-state index contributed by atoms with van der Waals surface area (Å²) in [5, 5.41) is 2.94. The van der Waals surface area contributed by atoms with Crippen molar-refractivity contribution in [3.63, 3.8) is 0 Å². The molecule has 0 saturated carbocycles. The van der Waals surface area contributed by atoms with Crippen LogP contribution in [0.3, 0.4) is 0 Å². The zero-order valence-electron chi connectivity index (χ0n) is 13.2. The summed E-state index contributed by atoms with van der Waals surface area (Å²) in [5.41, 5.74) is 1.90. The fraction of sp³-hybridized carbons (Fsp3) is 0.316. The van der Waals surface area contributed by atoms with Crippen LogP contribution >= 0.6 is 0 Å². The number of hydrogen-bond acceptors (Lipinski definition) is 3. The molecular formula is C19H21NO3. The second-order valence-corrected chi connectivity index (χ2v) is 5.78. The molecule has 4 heteroatoms. The highest BCUT2D eigenvalue weighted by molar-refractivity contribution is 5.91. The summed E-state index contributed by atoms with van der Waals surface area (Å²) in [5.74, 6) is 1.60. The van der Waals surface area contributed by atoms with E-state index in [1.165, 1.54) is 5.56 Å². The lowest BCUT2D eigenvalue weighted by molar-refractivity contribution is -0.116. The number of hydrogen-bond donors (Lipinski definition) is 1. The van der Waals surface area contributed by atoms with E-state index in [1.54, 1.807) is 0 Å². The van der Waals surface area contributed by atoms with Crippen molar-refractivity contribution in [3.05, 3.63) is 54.1 Å². The Kier molecular flexibility index (Phi) is 4.81. The second-order valence-electron chi connectivity index (χ2n) is 5.78. The molecule has 0 aliphatic carbocycles. The Balaban J connectivity index is 1.63. The predicted octanol–water partition coefficient (Wildman–Crippen LogP) is 3.98. The summed E-state index contributed by atoms with van der Waals surface area (Å²) in [6.45, 7) is 3.35. The lowest BCUT2D eigenvalue weighted by atomic mass is 9.97. The first-order chi connectivity index (χ1) is 11.2. The molecule has 0 fully saturated rings. The average molecular weight is 311 g/mol. The van der Waals surface area contributed by atoms with E-state index in [2.05, 4.69) is 12.2 Å². The van der Waals surface area contributed by atoms with Crippen LogP contribution in [0, 0.1) is 0 Å². The number of rotatable bonds is 4. The van der Waals surface area contributed by atoms with Crippen molar-refractivity contribution in [2.45, 2.75) is 25.7 Å². The van der Waals surface area contributed by atoms with Crippen molar-refractivity contribution >= 4 is 11.6 Å². The lowest BCUT2D eigenvalue weighted by Gasteiger charge is -2.13. The van der Waals surface area contributed by atoms with E-state index in [4.69, 9.17) is 9.47 Å². The topological polar surface area (TPSA) is 47.6 Å². The lowest BCUT2D eigenvalue weighted by Crippen LogP contribution is -2.14. The molecule has 23 heavy (non-hydrogen) atoms. The van der Waals surface area contributed by atoms with E-state index in [0.717, 1.165) is 17.9 Å². The van der Waals surface area contributed by atoms with Crippen molar-refractivity contribution < 1.29 is 14.3 Å². The number of benzene rings is 2. The zero-order chi connectivity index (χ0) is 16.1. The first-order valence-corrected chi connectivity index (χ1v) is 7.97. The molecule has 120 valence electrons. The van der Waals surface area contributed by atoms with E-state index in [-0.39, 0.29) is 11.8 Å². The van der Waals surface area contributed by atoms with Gasteiger partial charge in [-0.05, 0) is 23.6 Å². The maximum atomic E-state index is 12.2. The summed E-state index contributed by atoms with van der Waals surface area (Å²) >= 11 is 0. The van der Waals surface area contributed by atoms with Crippen LogP contribution in [-0.2, 0) is 4.79 Å². The first-order valence-electron chi connectivity index (χ1n) is 7.97. The van der Waals surface area contributed by atoms with E-state index in [9.17, 15) is 4.79 Å². The highest BCUT2D eigenvalue weighted by Gasteiger charge is 2.14. The van der Waals surface area contributed by atoms with Crippen molar-refractivity contribution in [2.24, 2.45) is 0 Å². The van der Waals surface area contributed by atoms with Gasteiger partial charge in [0.25, 0.3) is 0 Å². The predicted molar refractivity (Wildman–Crippen MR) is 90.2 cm³/mol. The van der Waals surface area contributed by atoms with E-state index >= 15 is 0 Å². The SMILES string of the molecule is CC(CC(=O)Nc1ccc2c(c1)OCCCO2)c1ccccc1. The van der Waals surface area contributed by atoms with Crippen molar-refractivity contribution in [2.75, 3.05) is 18.5 Å². The molecule has 3 rings (SSSR count). The standard InChI is InChI=1S/C19H21NO3/c1-14(15-6-3-2-4-7-15)12-19(21)20-16-8-9-17-18(13-16)23-11-5-10-22-17/h2-4,6-9,13-14H,5,10-12H2,1H3,(H,20,21). The molecule has 0 saturated heterocycles. The Morgan fingerprint density at radius 1 is 1.09 bits per heavy atom. The molecule has 1 heterocycles. The second kappa shape index (κ2) is 7.18. The molecule has 1 atom stereocenters. The van der Waals surface area contributed by atoms with Crippen LogP contribution in [0.25, 0.3) is 0 Å². The molecule has 0 aromatic heterocycles. The molecular weight excluding hydrogens is 290 g/mol. The molecule has 1 amide bonds. The first kappa shape index (κ1) is 15.4. The van der Waals surface area contributed by atoms with Gasteiger partial charge in [-0.25, -0.2) is 0 Å². The number of carbonyl (C=O) groups excluding carboxylic acids is 1. The summed E-state index contributed by atoms with van der Waals surface area (Å²) in [4.78, 5) is 12.2. The van der Waals surface area contributed by atoms with Gasteiger partial charge in [-0.1, -0.05) is 37.3 Å². The minimum atomic E-state index is -0.00385. The van der Waals surface area contributed by atoms with Crippen LogP contribution in [0.15, 0.2) is 48.5 Å². The fourth-order valence-electron chi connectivity index (χ4n) is 2.63. The van der Waals surface area contributed by atoms with Gasteiger partial charge in [0.2, 0.25) is 5.91 Å². The summed E-state index contributed by atoms with van der Waals surface area (Å²) in [7, 11) is 0. The van der Waals surface area contributed by atoms with Crippen molar-refractivity contribution in [3.8, 4) is 11.5 Å². The van der Waals surface area contributed by atoms with Gasteiger partial charge in [-0.3, -0.25) is 4.79 Å². The molecule has 0 radical (unpaired) electrons. The van der Waals surface area contributed by atoms with Crippen LogP contribution in [0.5, 0.6) is 11.5 Å². The number of carbonyl (C=O) groups is 1. The Hall–Kier alpha value is -2.49. The van der Waals surface area contributed by atoms with E-state index in [1.807, 2.05) is 48.5 Å². The molecule has 1 unspecified atom stereocenters. The third kappa shape index (κ3) is 4.03. The van der Waals surface area contributed by atoms with Gasteiger partial charge in [0.1, 0.15) is 0 Å². The number of fused-ring (bicyclic) bond motifs is 1. The third-order valence-electron chi connectivity index (χ3n) is 3.89. The van der Waals surface area contributed by atoms with Gasteiger partial charge in [-0.2, -0.15) is 0 Å². The van der Waals surface area contributed by atoms with Crippen molar-refractivity contribution in [1.82, 2.24) is 0 Å². The number of ether oxygens (including phenoxy) is 2. The molecule has 1 aliphatic heterocycles. The molecule has 2 aromatic rings. The fourth-order valence-corrected chi connectivity index (χ4v) is 2.63. The van der Waals surface area contributed by atoms with Crippen LogP contribution in [0.1, 0.15) is 31.2 Å². The molecule has 0 spiro atoms. The normalized spacial score (nSPS) is 14.7. The van der Waals surface area contributed by atoms with Gasteiger partial charge in [0.05, 0.1) is 13.2 Å². The smallest absolute Gasteiger partial charge is 0.224 e. The highest BCUT2D eigenvalue weighted by Crippen LogP contribution is 2.32. The maximum Gasteiger partial charge on any atom is 0.224 e. The highest BCUT2D eigenvalue weighted by atomic mass is 16.5. The molecule has 0 bridgehead atoms. The Labute approximate surface area is 136 Å². The van der Waals surface area contributed by atoms with E-state index in [0.29, 0.717) is 25.4 Å². The number of nitrogens with one attached hydrogen (secondary N) is 1. The zero-order valence-corrected chi connectivity index (χ0v) is 13.2. The quantitative estimate of drug-likeness (QED) is 0.929. The summed E-state index contributed by atoms with van der Waals surface area (Å²) < 4.78 is 11.2. The van der Waals surface area contributed by atoms with Crippen LogP contribution in [0.4, 0.5) is 5.69 Å². The van der Waals surface area contributed by atoms with Crippen LogP contribution in [-0.4, -0.2) is 19.1 Å². The monoisotopic (exact) mass is 311 g/mol. The molecule has 4 nitrogen and oxygen atoms in total. The summed E-state index contributed by atoms with van der Waals surface area (Å²) in [6.07, 6.45) is 1.31. The maximum absolute atomic E-state index is 12.2. The largest absolute Gasteiger partial charge is 0.490 e. The van der Waals surface area contributed by atoms with Gasteiger partial charge in [0, 0.05) is 24.6 Å². The van der Waals surface area contributed by atoms with Gasteiger partial charge >= 0.3 is 0 Å². The number of amides is 1. The molecule has 1 aliphatic rings. The average Bonchev–Trinajstić information content (AvgIpc) is 2.80. The minimum absolute atomic E-state index is 0.00385. The minimum Gasteiger partial charge on any atom is -0.490 e. The third-order valence-corrected chi connectivity index (χ3v) is 3.89. The Morgan fingerprint density at radius 3 is 2.61 bits per heavy atom. The molecule has 2 aromatic carbocycles. The van der Waals surface area contributed by atoms with Gasteiger partial charge in [-0.15, -0.1) is 0 Å². The number of anilines is 1. The van der Waals surface area contributed by atoms with E-state index < -0.39 is 0 Å². The van der Waals surface area contributed by atoms with Crippen LogP contribution < -0.4 is 14.8 Å². The van der Waals surface area contributed by atoms with Crippen molar-refractivity contribution in [1.29, 1.82) is 0 Å². The Morgan fingerprint density at radius 2 is 1.83 bits per heavy atom. The molecule has 1 N–H and O–H groups in total. The summed E-state index contributed by atoms with van der Waals surface area (Å²) in [6, 6.07) is 15.6. The Bertz CT molecular complexity index is 670. The van der Waals surface area contributed by atoms with Gasteiger partial charge < -0.3 is 14.8 Å². The van der Waals surface area contributed by atoms with Crippen LogP contribution in [0.2, 0.25) is 0 Å². The van der Waals surface area contributed by atoms with Gasteiger partial charge in [0.15, 0.2) is 11.5 Å².